The Labute approximate surface area is 118 Å². The zero-order valence-corrected chi connectivity index (χ0v) is 13.1. The molecule has 0 aliphatic heterocycles. The number of hydrogen-bond acceptors (Lipinski definition) is 2. The number of hydrogen-bond donors (Lipinski definition) is 1. The zero-order valence-electron chi connectivity index (χ0n) is 13.1. The maximum Gasteiger partial charge on any atom is 0.0798 e. The van der Waals surface area contributed by atoms with Crippen LogP contribution >= 0.6 is 0 Å². The fourth-order valence-corrected chi connectivity index (χ4v) is 2.73. The quantitative estimate of drug-likeness (QED) is 0.685. The SMILES string of the molecule is CCCCCCCn1nc(CC)c(C(C)O)c1CC. The fraction of sp³-hybridized carbons (Fsp3) is 0.812. The van der Waals surface area contributed by atoms with E-state index in [1.54, 1.807) is 0 Å². The lowest BCUT2D eigenvalue weighted by atomic mass is 10.0. The van der Waals surface area contributed by atoms with Crippen molar-refractivity contribution < 1.29 is 5.11 Å². The Hall–Kier alpha value is -0.830. The molecule has 3 nitrogen and oxygen atoms in total. The molecule has 0 aliphatic rings. The lowest BCUT2D eigenvalue weighted by Gasteiger charge is -2.09. The first-order valence-corrected chi connectivity index (χ1v) is 7.92. The molecule has 1 unspecified atom stereocenters. The average molecular weight is 266 g/mol. The maximum atomic E-state index is 9.95. The molecule has 1 aromatic heterocycles. The number of unbranched alkanes of at least 4 members (excludes halogenated alkanes) is 4. The van der Waals surface area contributed by atoms with E-state index in [1.165, 1.54) is 37.8 Å². The second-order valence-electron chi connectivity index (χ2n) is 5.33. The Balaban J connectivity index is 2.72. The van der Waals surface area contributed by atoms with Gasteiger partial charge in [-0.15, -0.1) is 0 Å². The smallest absolute Gasteiger partial charge is 0.0798 e. The summed E-state index contributed by atoms with van der Waals surface area (Å²) in [6, 6.07) is 0. The van der Waals surface area contributed by atoms with Gasteiger partial charge >= 0.3 is 0 Å². The Morgan fingerprint density at radius 1 is 1.05 bits per heavy atom. The Morgan fingerprint density at radius 2 is 1.74 bits per heavy atom. The highest BCUT2D eigenvalue weighted by molar-refractivity contribution is 5.28. The number of aromatic nitrogens is 2. The van der Waals surface area contributed by atoms with E-state index in [2.05, 4.69) is 25.5 Å². The van der Waals surface area contributed by atoms with Crippen LogP contribution in [0.5, 0.6) is 0 Å². The summed E-state index contributed by atoms with van der Waals surface area (Å²) in [5.41, 5.74) is 3.36. The van der Waals surface area contributed by atoms with Crippen LogP contribution < -0.4 is 0 Å². The molecule has 0 spiro atoms. The number of aliphatic hydroxyl groups is 1. The van der Waals surface area contributed by atoms with Crippen molar-refractivity contribution in [3.8, 4) is 0 Å². The monoisotopic (exact) mass is 266 g/mol. The predicted octanol–water partition coefficient (Wildman–Crippen LogP) is 4.03. The summed E-state index contributed by atoms with van der Waals surface area (Å²) >= 11 is 0. The van der Waals surface area contributed by atoms with E-state index in [-0.39, 0.29) is 0 Å². The fourth-order valence-electron chi connectivity index (χ4n) is 2.73. The molecule has 0 aromatic carbocycles. The van der Waals surface area contributed by atoms with E-state index in [9.17, 15) is 5.11 Å². The van der Waals surface area contributed by atoms with Gasteiger partial charge in [-0.25, -0.2) is 0 Å². The van der Waals surface area contributed by atoms with Crippen molar-refractivity contribution >= 4 is 0 Å². The molecule has 0 saturated heterocycles. The van der Waals surface area contributed by atoms with Gasteiger partial charge in [0.1, 0.15) is 0 Å². The lowest BCUT2D eigenvalue weighted by Crippen LogP contribution is -2.06. The molecule has 1 aromatic rings. The summed E-state index contributed by atoms with van der Waals surface area (Å²) in [7, 11) is 0. The Bertz CT molecular complexity index is 369. The molecule has 0 fully saturated rings. The number of nitrogens with zero attached hydrogens (tertiary/aromatic N) is 2. The molecule has 0 radical (unpaired) electrons. The Kier molecular flexibility index (Phi) is 7.14. The van der Waals surface area contributed by atoms with Crippen LogP contribution in [0.15, 0.2) is 0 Å². The highest BCUT2D eigenvalue weighted by atomic mass is 16.3. The predicted molar refractivity (Wildman–Crippen MR) is 80.4 cm³/mol. The summed E-state index contributed by atoms with van der Waals surface area (Å²) in [5, 5.41) is 14.6. The molecule has 0 aliphatic carbocycles. The third kappa shape index (κ3) is 4.34. The van der Waals surface area contributed by atoms with Crippen molar-refractivity contribution in [2.75, 3.05) is 0 Å². The molecule has 110 valence electrons. The molecule has 0 amide bonds. The van der Waals surface area contributed by atoms with Gasteiger partial charge in [0.25, 0.3) is 0 Å². The van der Waals surface area contributed by atoms with E-state index in [1.807, 2.05) is 6.92 Å². The van der Waals surface area contributed by atoms with Crippen molar-refractivity contribution in [1.29, 1.82) is 0 Å². The zero-order chi connectivity index (χ0) is 14.3. The molecule has 1 heterocycles. The number of aryl methyl sites for hydroxylation is 2. The molecule has 19 heavy (non-hydrogen) atoms. The molecular weight excluding hydrogens is 236 g/mol. The molecule has 1 atom stereocenters. The summed E-state index contributed by atoms with van der Waals surface area (Å²) in [6.45, 7) is 9.34. The van der Waals surface area contributed by atoms with E-state index in [0.29, 0.717) is 0 Å². The van der Waals surface area contributed by atoms with Crippen LogP contribution in [0.25, 0.3) is 0 Å². The van der Waals surface area contributed by atoms with Crippen LogP contribution in [0.4, 0.5) is 0 Å². The molecule has 3 heteroatoms. The molecule has 0 saturated carbocycles. The molecule has 0 bridgehead atoms. The summed E-state index contributed by atoms with van der Waals surface area (Å²) in [4.78, 5) is 0. The van der Waals surface area contributed by atoms with Crippen molar-refractivity contribution in [1.82, 2.24) is 9.78 Å². The normalized spacial score (nSPS) is 12.9. The van der Waals surface area contributed by atoms with Gasteiger partial charge in [-0.1, -0.05) is 46.5 Å². The van der Waals surface area contributed by atoms with Crippen molar-refractivity contribution in [3.05, 3.63) is 17.0 Å². The van der Waals surface area contributed by atoms with Crippen LogP contribution in [-0.2, 0) is 19.4 Å². The van der Waals surface area contributed by atoms with Crippen LogP contribution in [-0.4, -0.2) is 14.9 Å². The van der Waals surface area contributed by atoms with Gasteiger partial charge in [-0.05, 0) is 26.2 Å². The first-order valence-electron chi connectivity index (χ1n) is 7.92. The number of aliphatic hydroxyl groups excluding tert-OH is 1. The van der Waals surface area contributed by atoms with Gasteiger partial charge < -0.3 is 5.11 Å². The minimum atomic E-state index is -0.404. The maximum absolute atomic E-state index is 9.95. The topological polar surface area (TPSA) is 38.0 Å². The first kappa shape index (κ1) is 16.2. The summed E-state index contributed by atoms with van der Waals surface area (Å²) < 4.78 is 2.13. The Morgan fingerprint density at radius 3 is 2.26 bits per heavy atom. The van der Waals surface area contributed by atoms with Gasteiger partial charge in [-0.3, -0.25) is 4.68 Å². The van der Waals surface area contributed by atoms with E-state index in [0.717, 1.165) is 30.6 Å². The minimum absolute atomic E-state index is 0.404. The lowest BCUT2D eigenvalue weighted by molar-refractivity contribution is 0.197. The van der Waals surface area contributed by atoms with Crippen LogP contribution in [0, 0.1) is 0 Å². The standard InChI is InChI=1S/C16H30N2O/c1-5-8-9-10-11-12-18-15(7-3)16(13(4)19)14(6-2)17-18/h13,19H,5-12H2,1-4H3. The minimum Gasteiger partial charge on any atom is -0.389 e. The van der Waals surface area contributed by atoms with Crippen LogP contribution in [0.1, 0.15) is 82.9 Å². The van der Waals surface area contributed by atoms with Gasteiger partial charge in [0.2, 0.25) is 0 Å². The average Bonchev–Trinajstić information content (AvgIpc) is 2.76. The van der Waals surface area contributed by atoms with Gasteiger partial charge in [0.05, 0.1) is 11.8 Å². The van der Waals surface area contributed by atoms with E-state index >= 15 is 0 Å². The molecular formula is C16H30N2O. The van der Waals surface area contributed by atoms with Crippen molar-refractivity contribution in [2.24, 2.45) is 0 Å². The summed E-state index contributed by atoms with van der Waals surface area (Å²) in [6.07, 6.45) is 7.85. The number of rotatable bonds is 9. The van der Waals surface area contributed by atoms with Gasteiger partial charge in [-0.2, -0.15) is 5.10 Å². The van der Waals surface area contributed by atoms with Gasteiger partial charge in [0, 0.05) is 17.8 Å². The van der Waals surface area contributed by atoms with Crippen LogP contribution in [0.2, 0.25) is 0 Å². The van der Waals surface area contributed by atoms with E-state index in [4.69, 9.17) is 5.10 Å². The first-order chi connectivity index (χ1) is 9.15. The highest BCUT2D eigenvalue weighted by Crippen LogP contribution is 2.24. The second-order valence-corrected chi connectivity index (χ2v) is 5.33. The molecule has 1 N–H and O–H groups in total. The third-order valence-corrected chi connectivity index (χ3v) is 3.74. The largest absolute Gasteiger partial charge is 0.389 e. The second kappa shape index (κ2) is 8.36. The molecule has 1 rings (SSSR count). The third-order valence-electron chi connectivity index (χ3n) is 3.74. The summed E-state index contributed by atoms with van der Waals surface area (Å²) in [5.74, 6) is 0. The van der Waals surface area contributed by atoms with Gasteiger partial charge in [0.15, 0.2) is 0 Å². The van der Waals surface area contributed by atoms with Crippen molar-refractivity contribution in [2.45, 2.75) is 85.3 Å². The van der Waals surface area contributed by atoms with Crippen molar-refractivity contribution in [3.63, 3.8) is 0 Å². The highest BCUT2D eigenvalue weighted by Gasteiger charge is 2.18. The van der Waals surface area contributed by atoms with Crippen LogP contribution in [0.3, 0.4) is 0 Å². The van der Waals surface area contributed by atoms with E-state index < -0.39 is 6.10 Å².